The van der Waals surface area contributed by atoms with Crippen LogP contribution in [0.15, 0.2) is 35.5 Å². The molecule has 0 spiro atoms. The summed E-state index contributed by atoms with van der Waals surface area (Å²) in [6.07, 6.45) is 6.41. The molecule has 140 valence electrons. The molecule has 1 aromatic carbocycles. The zero-order valence-electron chi connectivity index (χ0n) is 14.8. The highest BCUT2D eigenvalue weighted by Crippen LogP contribution is 2.29. The van der Waals surface area contributed by atoms with Gasteiger partial charge in [-0.15, -0.1) is 0 Å². The van der Waals surface area contributed by atoms with E-state index in [1.165, 1.54) is 45.2 Å². The summed E-state index contributed by atoms with van der Waals surface area (Å²) in [5.74, 6) is 1.33. The van der Waals surface area contributed by atoms with Crippen molar-refractivity contribution in [2.24, 2.45) is 0 Å². The molecule has 1 aliphatic heterocycles. The lowest BCUT2D eigenvalue weighted by Gasteiger charge is -2.26. The van der Waals surface area contributed by atoms with Gasteiger partial charge < -0.3 is 14.4 Å². The Labute approximate surface area is 153 Å². The normalized spacial score (nSPS) is 14.8. The second-order valence-electron chi connectivity index (χ2n) is 5.94. The molecule has 0 aliphatic carbocycles. The topological polar surface area (TPSA) is 93.7 Å². The summed E-state index contributed by atoms with van der Waals surface area (Å²) in [6.45, 7) is 1.85. The number of methoxy groups -OCH3 is 2. The first-order valence-corrected chi connectivity index (χ1v) is 9.83. The van der Waals surface area contributed by atoms with Crippen LogP contribution in [-0.2, 0) is 10.0 Å². The van der Waals surface area contributed by atoms with Gasteiger partial charge in [0.2, 0.25) is 5.95 Å². The Kier molecular flexibility index (Phi) is 5.46. The van der Waals surface area contributed by atoms with Gasteiger partial charge >= 0.3 is 0 Å². The van der Waals surface area contributed by atoms with Gasteiger partial charge in [0.15, 0.2) is 0 Å². The molecule has 2 heterocycles. The number of anilines is 2. The molecule has 1 fully saturated rings. The minimum Gasteiger partial charge on any atom is -0.497 e. The maximum Gasteiger partial charge on any atom is 0.265 e. The number of hydrogen-bond donors (Lipinski definition) is 1. The lowest BCUT2D eigenvalue weighted by atomic mass is 10.1. The number of hydrogen-bond acceptors (Lipinski definition) is 7. The molecular formula is C17H22N4O4S. The lowest BCUT2D eigenvalue weighted by molar-refractivity contribution is 0.386. The smallest absolute Gasteiger partial charge is 0.265 e. The third-order valence-electron chi connectivity index (χ3n) is 4.19. The Morgan fingerprint density at radius 2 is 1.73 bits per heavy atom. The number of nitrogens with one attached hydrogen (secondary N) is 1. The predicted molar refractivity (Wildman–Crippen MR) is 98.5 cm³/mol. The van der Waals surface area contributed by atoms with E-state index in [4.69, 9.17) is 9.47 Å². The van der Waals surface area contributed by atoms with Crippen LogP contribution in [0.3, 0.4) is 0 Å². The molecular weight excluding hydrogens is 356 g/mol. The monoisotopic (exact) mass is 378 g/mol. The van der Waals surface area contributed by atoms with Crippen molar-refractivity contribution in [3.63, 3.8) is 0 Å². The summed E-state index contributed by atoms with van der Waals surface area (Å²) in [6, 6.07) is 4.51. The van der Waals surface area contributed by atoms with Crippen LogP contribution in [0.5, 0.6) is 11.5 Å². The minimum atomic E-state index is -3.84. The van der Waals surface area contributed by atoms with Crippen LogP contribution >= 0.6 is 0 Å². The van der Waals surface area contributed by atoms with Crippen LogP contribution in [0.25, 0.3) is 0 Å². The van der Waals surface area contributed by atoms with Crippen molar-refractivity contribution >= 4 is 21.7 Å². The lowest BCUT2D eigenvalue weighted by Crippen LogP contribution is -2.30. The Balaban J connectivity index is 1.79. The van der Waals surface area contributed by atoms with Crippen molar-refractivity contribution in [2.75, 3.05) is 36.9 Å². The third kappa shape index (κ3) is 3.98. The fourth-order valence-corrected chi connectivity index (χ4v) is 4.02. The van der Waals surface area contributed by atoms with E-state index in [0.717, 1.165) is 25.9 Å². The third-order valence-corrected chi connectivity index (χ3v) is 5.61. The Bertz CT molecular complexity index is 850. The molecule has 1 aliphatic rings. The molecule has 26 heavy (non-hydrogen) atoms. The Hall–Kier alpha value is -2.55. The highest BCUT2D eigenvalue weighted by molar-refractivity contribution is 7.92. The van der Waals surface area contributed by atoms with Gasteiger partial charge in [0.25, 0.3) is 10.0 Å². The van der Waals surface area contributed by atoms with Crippen LogP contribution in [0, 0.1) is 0 Å². The zero-order chi connectivity index (χ0) is 18.6. The molecule has 3 rings (SSSR count). The van der Waals surface area contributed by atoms with E-state index in [1.54, 1.807) is 6.07 Å². The van der Waals surface area contributed by atoms with Gasteiger partial charge in [0.1, 0.15) is 16.4 Å². The van der Waals surface area contributed by atoms with Gasteiger partial charge in [-0.3, -0.25) is 4.72 Å². The molecule has 1 N–H and O–H groups in total. The quantitative estimate of drug-likeness (QED) is 0.824. The SMILES string of the molecule is COc1ccc(S(=O)(=O)Nc2cnc(N3CCCCC3)nc2)c(OC)c1. The van der Waals surface area contributed by atoms with Gasteiger partial charge in [0.05, 0.1) is 32.3 Å². The van der Waals surface area contributed by atoms with Crippen molar-refractivity contribution in [3.8, 4) is 11.5 Å². The summed E-state index contributed by atoms with van der Waals surface area (Å²) in [5, 5.41) is 0. The van der Waals surface area contributed by atoms with E-state index in [0.29, 0.717) is 17.4 Å². The van der Waals surface area contributed by atoms with Crippen LogP contribution in [0.1, 0.15) is 19.3 Å². The van der Waals surface area contributed by atoms with Gasteiger partial charge in [-0.1, -0.05) is 0 Å². The van der Waals surface area contributed by atoms with E-state index in [2.05, 4.69) is 19.6 Å². The molecule has 1 saturated heterocycles. The summed E-state index contributed by atoms with van der Waals surface area (Å²) in [7, 11) is -0.933. The van der Waals surface area contributed by atoms with Gasteiger partial charge in [-0.25, -0.2) is 18.4 Å². The van der Waals surface area contributed by atoms with Gasteiger partial charge in [0, 0.05) is 19.2 Å². The maximum atomic E-state index is 12.7. The average Bonchev–Trinajstić information content (AvgIpc) is 2.68. The molecule has 0 saturated carbocycles. The number of piperidine rings is 1. The van der Waals surface area contributed by atoms with Crippen molar-refractivity contribution in [3.05, 3.63) is 30.6 Å². The summed E-state index contributed by atoms with van der Waals surface area (Å²) in [4.78, 5) is 10.7. The fourth-order valence-electron chi connectivity index (χ4n) is 2.84. The number of sulfonamides is 1. The second-order valence-corrected chi connectivity index (χ2v) is 7.59. The maximum absolute atomic E-state index is 12.7. The second kappa shape index (κ2) is 7.77. The Morgan fingerprint density at radius 3 is 2.35 bits per heavy atom. The first kappa shape index (κ1) is 18.2. The van der Waals surface area contributed by atoms with Crippen LogP contribution in [0.4, 0.5) is 11.6 Å². The molecule has 0 atom stereocenters. The van der Waals surface area contributed by atoms with E-state index < -0.39 is 10.0 Å². The molecule has 8 nitrogen and oxygen atoms in total. The largest absolute Gasteiger partial charge is 0.497 e. The van der Waals surface area contributed by atoms with E-state index in [1.807, 2.05) is 0 Å². The van der Waals surface area contributed by atoms with Gasteiger partial charge in [-0.05, 0) is 31.4 Å². The van der Waals surface area contributed by atoms with Crippen LogP contribution in [0.2, 0.25) is 0 Å². The molecule has 0 radical (unpaired) electrons. The van der Waals surface area contributed by atoms with Crippen molar-refractivity contribution in [2.45, 2.75) is 24.2 Å². The standard InChI is InChI=1S/C17H22N4O4S/c1-24-14-6-7-16(15(10-14)25-2)26(22,23)20-13-11-18-17(19-12-13)21-8-4-3-5-9-21/h6-7,10-12,20H,3-5,8-9H2,1-2H3. The summed E-state index contributed by atoms with van der Waals surface area (Å²) >= 11 is 0. The fraction of sp³-hybridized carbons (Fsp3) is 0.412. The molecule has 0 unspecified atom stereocenters. The van der Waals surface area contributed by atoms with Gasteiger partial charge in [-0.2, -0.15) is 0 Å². The molecule has 1 aromatic heterocycles. The van der Waals surface area contributed by atoms with E-state index >= 15 is 0 Å². The van der Waals surface area contributed by atoms with Crippen LogP contribution < -0.4 is 19.1 Å². The highest BCUT2D eigenvalue weighted by atomic mass is 32.2. The molecule has 9 heteroatoms. The number of rotatable bonds is 6. The van der Waals surface area contributed by atoms with Crippen molar-refractivity contribution in [1.29, 1.82) is 0 Å². The average molecular weight is 378 g/mol. The van der Waals surface area contributed by atoms with Crippen molar-refractivity contribution in [1.82, 2.24) is 9.97 Å². The molecule has 2 aromatic rings. The van der Waals surface area contributed by atoms with Crippen LogP contribution in [-0.4, -0.2) is 45.7 Å². The number of benzene rings is 1. The van der Waals surface area contributed by atoms with Crippen molar-refractivity contribution < 1.29 is 17.9 Å². The minimum absolute atomic E-state index is 0.0147. The Morgan fingerprint density at radius 1 is 1.04 bits per heavy atom. The molecule has 0 bridgehead atoms. The summed E-state index contributed by atoms with van der Waals surface area (Å²) < 4.78 is 38.1. The van der Waals surface area contributed by atoms with E-state index in [-0.39, 0.29) is 10.6 Å². The molecule has 0 amide bonds. The first-order chi connectivity index (χ1) is 12.5. The summed E-state index contributed by atoms with van der Waals surface area (Å²) in [5.41, 5.74) is 0.295. The zero-order valence-corrected chi connectivity index (χ0v) is 15.6. The number of aromatic nitrogens is 2. The highest BCUT2D eigenvalue weighted by Gasteiger charge is 2.21. The first-order valence-electron chi connectivity index (χ1n) is 8.35. The number of nitrogens with zero attached hydrogens (tertiary/aromatic N) is 3. The predicted octanol–water partition coefficient (Wildman–Crippen LogP) is 2.28. The number of ether oxygens (including phenoxy) is 2. The van der Waals surface area contributed by atoms with E-state index in [9.17, 15) is 8.42 Å².